The first-order valence-corrected chi connectivity index (χ1v) is 7.40. The zero-order valence-corrected chi connectivity index (χ0v) is 12.9. The Bertz CT molecular complexity index is 560. The summed E-state index contributed by atoms with van der Waals surface area (Å²) in [4.78, 5) is 5.33. The van der Waals surface area contributed by atoms with E-state index in [2.05, 4.69) is 20.9 Å². The van der Waals surface area contributed by atoms with Gasteiger partial charge in [-0.15, -0.1) is 0 Å². The molecule has 2 N–H and O–H groups in total. The third-order valence-electron chi connectivity index (χ3n) is 2.41. The molecule has 0 aliphatic rings. The van der Waals surface area contributed by atoms with Crippen LogP contribution in [0.15, 0.2) is 50.9 Å². The zero-order chi connectivity index (χ0) is 13.1. The van der Waals surface area contributed by atoms with Gasteiger partial charge >= 0.3 is 0 Å². The fraction of sp³-hybridized carbons (Fsp3) is 0.154. The minimum absolute atomic E-state index is 0.0267. The summed E-state index contributed by atoms with van der Waals surface area (Å²) >= 11 is 11.2. The van der Waals surface area contributed by atoms with Crippen molar-refractivity contribution in [2.75, 3.05) is 0 Å². The minimum Gasteiger partial charge on any atom is -0.324 e. The first-order chi connectivity index (χ1) is 8.58. The molecule has 0 spiro atoms. The first-order valence-electron chi connectivity index (χ1n) is 5.41. The van der Waals surface area contributed by atoms with E-state index < -0.39 is 0 Å². The van der Waals surface area contributed by atoms with Crippen molar-refractivity contribution in [1.82, 2.24) is 4.98 Å². The van der Waals surface area contributed by atoms with Crippen molar-refractivity contribution in [3.05, 3.63) is 51.6 Å². The molecule has 2 rings (SSSR count). The van der Waals surface area contributed by atoms with Crippen LogP contribution in [-0.2, 0) is 0 Å². The molecule has 18 heavy (non-hydrogen) atoms. The second-order valence-electron chi connectivity index (χ2n) is 3.87. The average Bonchev–Trinajstić information content (AvgIpc) is 2.34. The van der Waals surface area contributed by atoms with Crippen LogP contribution < -0.4 is 5.73 Å². The summed E-state index contributed by atoms with van der Waals surface area (Å²) in [5.74, 6) is 0. The zero-order valence-electron chi connectivity index (χ0n) is 9.73. The molecule has 0 aliphatic heterocycles. The van der Waals surface area contributed by atoms with Crippen molar-refractivity contribution in [1.29, 1.82) is 0 Å². The van der Waals surface area contributed by atoms with Gasteiger partial charge in [-0.2, -0.15) is 0 Å². The Morgan fingerprint density at radius 2 is 2.17 bits per heavy atom. The van der Waals surface area contributed by atoms with Crippen LogP contribution in [0.2, 0.25) is 5.02 Å². The number of aromatic nitrogens is 1. The highest BCUT2D eigenvalue weighted by Gasteiger charge is 2.08. The predicted octanol–water partition coefficient (Wildman–Crippen LogP) is 4.67. The Morgan fingerprint density at radius 3 is 2.78 bits per heavy atom. The van der Waals surface area contributed by atoms with E-state index in [9.17, 15) is 0 Å². The summed E-state index contributed by atoms with van der Waals surface area (Å²) < 4.78 is 1.00. The normalized spacial score (nSPS) is 12.4. The van der Waals surface area contributed by atoms with E-state index in [0.717, 1.165) is 20.0 Å². The molecular formula is C13H12BrClN2S. The standard InChI is InChI=1S/C13H12BrClN2S/c1-8(16)9-4-5-12(10(14)7-9)18-13-11(15)3-2-6-17-13/h2-8H,16H2,1H3. The van der Waals surface area contributed by atoms with Crippen LogP contribution in [0.1, 0.15) is 18.5 Å². The SMILES string of the molecule is CC(N)c1ccc(Sc2ncccc2Cl)c(Br)c1. The first kappa shape index (κ1) is 13.9. The molecule has 5 heteroatoms. The van der Waals surface area contributed by atoms with Crippen molar-refractivity contribution >= 4 is 39.3 Å². The minimum atomic E-state index is 0.0267. The van der Waals surface area contributed by atoms with Crippen molar-refractivity contribution < 1.29 is 0 Å². The summed E-state index contributed by atoms with van der Waals surface area (Å²) in [6.07, 6.45) is 1.73. The van der Waals surface area contributed by atoms with E-state index in [0.29, 0.717) is 5.02 Å². The van der Waals surface area contributed by atoms with Crippen LogP contribution in [0.4, 0.5) is 0 Å². The lowest BCUT2D eigenvalue weighted by atomic mass is 10.1. The average molecular weight is 344 g/mol. The second-order valence-corrected chi connectivity index (χ2v) is 6.16. The van der Waals surface area contributed by atoms with Gasteiger partial charge in [-0.05, 0) is 52.7 Å². The molecule has 94 valence electrons. The Morgan fingerprint density at radius 1 is 1.39 bits per heavy atom. The lowest BCUT2D eigenvalue weighted by Crippen LogP contribution is -2.04. The molecule has 1 aromatic carbocycles. The maximum absolute atomic E-state index is 6.09. The van der Waals surface area contributed by atoms with Gasteiger partial charge in [0.1, 0.15) is 5.03 Å². The molecule has 2 aromatic rings. The highest BCUT2D eigenvalue weighted by molar-refractivity contribution is 9.10. The maximum atomic E-state index is 6.09. The second kappa shape index (κ2) is 6.06. The molecule has 0 saturated carbocycles. The van der Waals surface area contributed by atoms with Crippen molar-refractivity contribution in [2.24, 2.45) is 5.73 Å². The van der Waals surface area contributed by atoms with Gasteiger partial charge < -0.3 is 5.73 Å². The van der Waals surface area contributed by atoms with Gasteiger partial charge in [0.15, 0.2) is 0 Å². The molecule has 1 unspecified atom stereocenters. The largest absolute Gasteiger partial charge is 0.324 e. The third-order valence-corrected chi connectivity index (χ3v) is 4.84. The maximum Gasteiger partial charge on any atom is 0.119 e. The molecular weight excluding hydrogens is 332 g/mol. The Balaban J connectivity index is 2.28. The molecule has 0 amide bonds. The monoisotopic (exact) mass is 342 g/mol. The summed E-state index contributed by atoms with van der Waals surface area (Å²) in [5.41, 5.74) is 6.94. The van der Waals surface area contributed by atoms with Crippen LogP contribution in [0.5, 0.6) is 0 Å². The van der Waals surface area contributed by atoms with E-state index in [-0.39, 0.29) is 6.04 Å². The highest BCUT2D eigenvalue weighted by atomic mass is 79.9. The number of nitrogens with zero attached hydrogens (tertiary/aromatic N) is 1. The van der Waals surface area contributed by atoms with Crippen LogP contribution in [0, 0.1) is 0 Å². The lowest BCUT2D eigenvalue weighted by molar-refractivity contribution is 0.815. The van der Waals surface area contributed by atoms with Gasteiger partial charge in [0, 0.05) is 21.6 Å². The Hall–Kier alpha value is -0.550. The predicted molar refractivity (Wildman–Crippen MR) is 80.1 cm³/mol. The van der Waals surface area contributed by atoms with Crippen LogP contribution in [0.3, 0.4) is 0 Å². The van der Waals surface area contributed by atoms with Crippen LogP contribution in [-0.4, -0.2) is 4.98 Å². The molecule has 0 radical (unpaired) electrons. The van der Waals surface area contributed by atoms with Gasteiger partial charge in [-0.1, -0.05) is 29.4 Å². The van der Waals surface area contributed by atoms with Crippen LogP contribution >= 0.6 is 39.3 Å². The number of hydrogen-bond donors (Lipinski definition) is 1. The number of halogens is 2. The van der Waals surface area contributed by atoms with E-state index in [1.54, 1.807) is 6.20 Å². The molecule has 2 nitrogen and oxygen atoms in total. The topological polar surface area (TPSA) is 38.9 Å². The lowest BCUT2D eigenvalue weighted by Gasteiger charge is -2.09. The van der Waals surface area contributed by atoms with Gasteiger partial charge in [0.25, 0.3) is 0 Å². The summed E-state index contributed by atoms with van der Waals surface area (Å²) in [6, 6.07) is 9.76. The van der Waals surface area contributed by atoms with Gasteiger partial charge in [0.05, 0.1) is 5.02 Å². The van der Waals surface area contributed by atoms with Crippen molar-refractivity contribution in [3.63, 3.8) is 0 Å². The Kier molecular flexibility index (Phi) is 4.67. The third kappa shape index (κ3) is 3.26. The van der Waals surface area contributed by atoms with Gasteiger partial charge in [0.2, 0.25) is 0 Å². The van der Waals surface area contributed by atoms with Gasteiger partial charge in [-0.3, -0.25) is 0 Å². The summed E-state index contributed by atoms with van der Waals surface area (Å²) in [7, 11) is 0. The molecule has 1 atom stereocenters. The quantitative estimate of drug-likeness (QED) is 0.880. The van der Waals surface area contributed by atoms with Crippen LogP contribution in [0.25, 0.3) is 0 Å². The fourth-order valence-electron chi connectivity index (χ4n) is 1.43. The molecule has 1 aromatic heterocycles. The number of pyridine rings is 1. The number of nitrogens with two attached hydrogens (primary N) is 1. The molecule has 0 bridgehead atoms. The summed E-state index contributed by atoms with van der Waals surface area (Å²) in [5, 5.41) is 1.46. The molecule has 1 heterocycles. The molecule has 0 saturated heterocycles. The van der Waals surface area contributed by atoms with Crippen molar-refractivity contribution in [2.45, 2.75) is 22.9 Å². The van der Waals surface area contributed by atoms with E-state index in [4.69, 9.17) is 17.3 Å². The molecule has 0 fully saturated rings. The van der Waals surface area contributed by atoms with Crippen molar-refractivity contribution in [3.8, 4) is 0 Å². The van der Waals surface area contributed by atoms with E-state index >= 15 is 0 Å². The fourth-order valence-corrected chi connectivity index (χ4v) is 3.09. The summed E-state index contributed by atoms with van der Waals surface area (Å²) in [6.45, 7) is 1.96. The molecule has 0 aliphatic carbocycles. The Labute approximate surface area is 124 Å². The van der Waals surface area contributed by atoms with Gasteiger partial charge in [-0.25, -0.2) is 4.98 Å². The smallest absolute Gasteiger partial charge is 0.119 e. The highest BCUT2D eigenvalue weighted by Crippen LogP contribution is 2.36. The number of rotatable bonds is 3. The van der Waals surface area contributed by atoms with E-state index in [1.165, 1.54) is 11.8 Å². The number of benzene rings is 1. The van der Waals surface area contributed by atoms with E-state index in [1.807, 2.05) is 37.3 Å². The number of hydrogen-bond acceptors (Lipinski definition) is 3.